The van der Waals surface area contributed by atoms with Crippen molar-refractivity contribution in [1.29, 1.82) is 0 Å². The number of carbonyl (C=O) groups excluding carboxylic acids is 2. The molecule has 1 aliphatic carbocycles. The quantitative estimate of drug-likeness (QED) is 0.578. The van der Waals surface area contributed by atoms with Gasteiger partial charge >= 0.3 is 5.97 Å². The number of hydrogen-bond donors (Lipinski definition) is 1. The third-order valence-corrected chi connectivity index (χ3v) is 4.61. The third-order valence-electron chi connectivity index (χ3n) is 4.61. The van der Waals surface area contributed by atoms with Gasteiger partial charge in [0, 0.05) is 12.5 Å². The van der Waals surface area contributed by atoms with Crippen LogP contribution in [0.15, 0.2) is 24.3 Å². The van der Waals surface area contributed by atoms with Crippen LogP contribution in [0.1, 0.15) is 51.0 Å². The molecule has 2 atom stereocenters. The Morgan fingerprint density at radius 1 is 1.24 bits per heavy atom. The van der Waals surface area contributed by atoms with Crippen LogP contribution in [0.5, 0.6) is 5.75 Å². The highest BCUT2D eigenvalue weighted by Gasteiger charge is 2.23. The van der Waals surface area contributed by atoms with Crippen LogP contribution >= 0.6 is 0 Å². The molecule has 0 heterocycles. The maximum atomic E-state index is 11.9. The zero-order valence-corrected chi connectivity index (χ0v) is 15.3. The van der Waals surface area contributed by atoms with E-state index in [0.717, 1.165) is 30.6 Å². The van der Waals surface area contributed by atoms with Crippen LogP contribution < -0.4 is 10.1 Å². The van der Waals surface area contributed by atoms with E-state index >= 15 is 0 Å². The fourth-order valence-corrected chi connectivity index (χ4v) is 3.11. The number of nitrogens with one attached hydrogen (secondary N) is 1. The molecular weight excluding hydrogens is 318 g/mol. The second kappa shape index (κ2) is 10.1. The molecule has 0 saturated heterocycles. The van der Waals surface area contributed by atoms with Crippen LogP contribution in [-0.4, -0.2) is 31.1 Å². The van der Waals surface area contributed by atoms with Crippen LogP contribution in [0.3, 0.4) is 0 Å². The summed E-state index contributed by atoms with van der Waals surface area (Å²) in [5.41, 5.74) is 1.13. The van der Waals surface area contributed by atoms with Gasteiger partial charge < -0.3 is 14.8 Å². The summed E-state index contributed by atoms with van der Waals surface area (Å²) < 4.78 is 10.6. The second-order valence-corrected chi connectivity index (χ2v) is 6.86. The molecule has 5 heteroatoms. The molecular formula is C20H29NO4. The van der Waals surface area contributed by atoms with Crippen molar-refractivity contribution in [3.05, 3.63) is 29.8 Å². The van der Waals surface area contributed by atoms with Gasteiger partial charge in [-0.15, -0.1) is 0 Å². The number of esters is 1. The Morgan fingerprint density at radius 3 is 2.80 bits per heavy atom. The lowest BCUT2D eigenvalue weighted by molar-refractivity contribution is -0.149. The predicted molar refractivity (Wildman–Crippen MR) is 96.4 cm³/mol. The minimum absolute atomic E-state index is 0.194. The van der Waals surface area contributed by atoms with Crippen molar-refractivity contribution in [3.8, 4) is 5.75 Å². The molecule has 0 bridgehead atoms. The Bertz CT molecular complexity index is 573. The molecule has 1 fully saturated rings. The summed E-state index contributed by atoms with van der Waals surface area (Å²) in [4.78, 5) is 23.6. The van der Waals surface area contributed by atoms with Crippen molar-refractivity contribution >= 4 is 11.9 Å². The molecule has 1 N–H and O–H groups in total. The summed E-state index contributed by atoms with van der Waals surface area (Å²) in [5.74, 6) is 0.726. The van der Waals surface area contributed by atoms with Crippen molar-refractivity contribution < 1.29 is 19.1 Å². The first-order chi connectivity index (χ1) is 12.0. The van der Waals surface area contributed by atoms with Gasteiger partial charge in [0.15, 0.2) is 6.61 Å². The smallest absolute Gasteiger partial charge is 0.306 e. The number of aryl methyl sites for hydroxylation is 1. The van der Waals surface area contributed by atoms with E-state index in [1.54, 1.807) is 0 Å². The van der Waals surface area contributed by atoms with Gasteiger partial charge in [0.05, 0.1) is 6.61 Å². The summed E-state index contributed by atoms with van der Waals surface area (Å²) in [6, 6.07) is 7.99. The highest BCUT2D eigenvalue weighted by atomic mass is 16.5. The molecule has 1 aromatic rings. The second-order valence-electron chi connectivity index (χ2n) is 6.86. The van der Waals surface area contributed by atoms with E-state index in [9.17, 15) is 9.59 Å². The molecule has 138 valence electrons. The summed E-state index contributed by atoms with van der Waals surface area (Å²) in [7, 11) is 0. The topological polar surface area (TPSA) is 64.6 Å². The summed E-state index contributed by atoms with van der Waals surface area (Å²) in [6.07, 6.45) is 5.35. The number of rotatable bonds is 8. The molecule has 0 radical (unpaired) electrons. The normalized spacial score (nSPS) is 19.9. The van der Waals surface area contributed by atoms with Gasteiger partial charge in [-0.1, -0.05) is 31.9 Å². The molecule has 25 heavy (non-hydrogen) atoms. The fraction of sp³-hybridized carbons (Fsp3) is 0.600. The van der Waals surface area contributed by atoms with Gasteiger partial charge in [-0.2, -0.15) is 0 Å². The van der Waals surface area contributed by atoms with Crippen molar-refractivity contribution in [2.45, 2.75) is 58.4 Å². The first-order valence-electron chi connectivity index (χ1n) is 9.19. The van der Waals surface area contributed by atoms with Gasteiger partial charge in [-0.25, -0.2) is 0 Å². The molecule has 1 amide bonds. The Kier molecular flexibility index (Phi) is 7.76. The zero-order chi connectivity index (χ0) is 18.1. The van der Waals surface area contributed by atoms with Gasteiger partial charge in [0.25, 0.3) is 5.91 Å². The van der Waals surface area contributed by atoms with Crippen molar-refractivity contribution in [1.82, 2.24) is 5.32 Å². The zero-order valence-electron chi connectivity index (χ0n) is 15.3. The summed E-state index contributed by atoms with van der Waals surface area (Å²) in [6.45, 7) is 4.42. The van der Waals surface area contributed by atoms with Crippen LogP contribution in [-0.2, 0) is 14.3 Å². The Morgan fingerprint density at radius 2 is 2.04 bits per heavy atom. The third kappa shape index (κ3) is 7.16. The van der Waals surface area contributed by atoms with Crippen molar-refractivity contribution in [3.63, 3.8) is 0 Å². The molecule has 1 aromatic carbocycles. The Labute approximate surface area is 150 Å². The van der Waals surface area contributed by atoms with E-state index in [0.29, 0.717) is 18.9 Å². The van der Waals surface area contributed by atoms with E-state index in [1.165, 1.54) is 6.42 Å². The van der Waals surface area contributed by atoms with Gasteiger partial charge in [-0.3, -0.25) is 9.59 Å². The predicted octanol–water partition coefficient (Wildman–Crippen LogP) is 3.39. The first kappa shape index (κ1) is 19.3. The van der Waals surface area contributed by atoms with E-state index < -0.39 is 0 Å². The number of hydrogen-bond acceptors (Lipinski definition) is 4. The Balaban J connectivity index is 1.56. The molecule has 2 rings (SSSR count). The van der Waals surface area contributed by atoms with Crippen molar-refractivity contribution in [2.75, 3.05) is 13.2 Å². The summed E-state index contributed by atoms with van der Waals surface area (Å²) in [5, 5.41) is 2.98. The lowest BCUT2D eigenvalue weighted by Crippen LogP contribution is -2.42. The molecule has 0 spiro atoms. The molecule has 0 unspecified atom stereocenters. The van der Waals surface area contributed by atoms with Crippen LogP contribution in [0.4, 0.5) is 0 Å². The molecule has 5 nitrogen and oxygen atoms in total. The summed E-state index contributed by atoms with van der Waals surface area (Å²) >= 11 is 0. The number of benzene rings is 1. The Hall–Kier alpha value is -2.04. The lowest BCUT2D eigenvalue weighted by atomic mass is 9.86. The van der Waals surface area contributed by atoms with E-state index in [1.807, 2.05) is 31.2 Å². The minimum Gasteiger partial charge on any atom is -0.494 e. The standard InChI is InChI=1S/C20H29NO4/c1-15-7-5-9-17(13-15)24-12-6-11-20(23)25-14-19(22)21-18-10-4-3-8-16(18)2/h5,7,9,13,16,18H,3-4,6,8,10-12,14H2,1-2H3,(H,21,22)/t16-,18-/m0/s1. The van der Waals surface area contributed by atoms with Crippen LogP contribution in [0.25, 0.3) is 0 Å². The average molecular weight is 347 g/mol. The fourth-order valence-electron chi connectivity index (χ4n) is 3.11. The van der Waals surface area contributed by atoms with Gasteiger partial charge in [0.2, 0.25) is 0 Å². The molecule has 1 saturated carbocycles. The van der Waals surface area contributed by atoms with E-state index in [4.69, 9.17) is 9.47 Å². The number of carbonyl (C=O) groups is 2. The highest BCUT2D eigenvalue weighted by Crippen LogP contribution is 2.23. The van der Waals surface area contributed by atoms with Crippen molar-refractivity contribution in [2.24, 2.45) is 5.92 Å². The average Bonchev–Trinajstić information content (AvgIpc) is 2.59. The van der Waals surface area contributed by atoms with Gasteiger partial charge in [0.1, 0.15) is 5.75 Å². The van der Waals surface area contributed by atoms with E-state index in [-0.39, 0.29) is 30.9 Å². The number of ether oxygens (including phenoxy) is 2. The highest BCUT2D eigenvalue weighted by molar-refractivity contribution is 5.80. The lowest BCUT2D eigenvalue weighted by Gasteiger charge is -2.29. The molecule has 0 aliphatic heterocycles. The van der Waals surface area contributed by atoms with Gasteiger partial charge in [-0.05, 0) is 49.8 Å². The van der Waals surface area contributed by atoms with Crippen LogP contribution in [0, 0.1) is 12.8 Å². The minimum atomic E-state index is -0.361. The SMILES string of the molecule is Cc1cccc(OCCCC(=O)OCC(=O)N[C@H]2CCCC[C@@H]2C)c1. The van der Waals surface area contributed by atoms with Crippen LogP contribution in [0.2, 0.25) is 0 Å². The number of amides is 1. The monoisotopic (exact) mass is 347 g/mol. The maximum absolute atomic E-state index is 11.9. The molecule has 1 aliphatic rings. The molecule has 0 aromatic heterocycles. The maximum Gasteiger partial charge on any atom is 0.306 e. The largest absolute Gasteiger partial charge is 0.494 e. The first-order valence-corrected chi connectivity index (χ1v) is 9.19. The van der Waals surface area contributed by atoms with E-state index in [2.05, 4.69) is 12.2 Å².